The van der Waals surface area contributed by atoms with Gasteiger partial charge in [-0.25, -0.2) is 8.42 Å². The molecular formula is C25H20O3S. The van der Waals surface area contributed by atoms with Crippen LogP contribution in [0.2, 0.25) is 0 Å². The minimum absolute atomic E-state index is 0.0375. The van der Waals surface area contributed by atoms with Crippen molar-refractivity contribution in [2.75, 3.05) is 0 Å². The fourth-order valence-corrected chi connectivity index (χ4v) is 6.13. The number of rotatable bonds is 2. The van der Waals surface area contributed by atoms with Gasteiger partial charge in [0.25, 0.3) is 0 Å². The lowest BCUT2D eigenvalue weighted by Crippen LogP contribution is -2.27. The van der Waals surface area contributed by atoms with Gasteiger partial charge in [0, 0.05) is 5.56 Å². The molecule has 3 aromatic rings. The standard InChI is InChI=1S/C25H20O3S/c1-16-9-11-18(12-10-16)29(27,28)24-8-4-7-21-20(24)13-14-22-19-6-3-2-5-17(19)15-23(26)25(21)22/h2-3,5-6,9-15H,4,7-8H2,1H3. The van der Waals surface area contributed by atoms with Crippen molar-refractivity contribution < 1.29 is 13.2 Å². The average molecular weight is 400 g/mol. The summed E-state index contributed by atoms with van der Waals surface area (Å²) in [5, 5.41) is 3.55. The minimum atomic E-state index is -3.60. The van der Waals surface area contributed by atoms with E-state index in [1.807, 2.05) is 55.5 Å². The maximum absolute atomic E-state index is 13.4. The van der Waals surface area contributed by atoms with Crippen molar-refractivity contribution in [3.63, 3.8) is 0 Å². The summed E-state index contributed by atoms with van der Waals surface area (Å²) >= 11 is 0. The number of hydrogen-bond donors (Lipinski definition) is 0. The zero-order valence-corrected chi connectivity index (χ0v) is 16.9. The molecule has 0 unspecified atom stereocenters. The molecule has 0 fully saturated rings. The van der Waals surface area contributed by atoms with E-state index in [1.54, 1.807) is 18.2 Å². The molecule has 0 atom stereocenters. The summed E-state index contributed by atoms with van der Waals surface area (Å²) < 4.78 is 26.8. The highest BCUT2D eigenvalue weighted by Gasteiger charge is 2.27. The first-order valence-corrected chi connectivity index (χ1v) is 11.3. The van der Waals surface area contributed by atoms with Crippen LogP contribution in [0.5, 0.6) is 0 Å². The van der Waals surface area contributed by atoms with E-state index in [1.165, 1.54) is 0 Å². The van der Waals surface area contributed by atoms with Gasteiger partial charge in [0.05, 0.1) is 9.80 Å². The third-order valence-corrected chi connectivity index (χ3v) is 7.85. The van der Waals surface area contributed by atoms with Crippen LogP contribution in [0.25, 0.3) is 11.0 Å². The Bertz CT molecular complexity index is 1500. The van der Waals surface area contributed by atoms with Gasteiger partial charge in [-0.2, -0.15) is 0 Å². The molecule has 4 heteroatoms. The van der Waals surface area contributed by atoms with Crippen LogP contribution in [0.3, 0.4) is 0 Å². The minimum Gasteiger partial charge on any atom is -0.289 e. The number of carbonyl (C=O) groups is 1. The summed E-state index contributed by atoms with van der Waals surface area (Å²) in [6.45, 7) is 1.94. The van der Waals surface area contributed by atoms with Crippen LogP contribution >= 0.6 is 0 Å². The number of sulfone groups is 1. The summed E-state index contributed by atoms with van der Waals surface area (Å²) in [6, 6.07) is 18.6. The van der Waals surface area contributed by atoms with Gasteiger partial charge >= 0.3 is 0 Å². The van der Waals surface area contributed by atoms with E-state index >= 15 is 0 Å². The summed E-state index contributed by atoms with van der Waals surface area (Å²) in [5.41, 5.74) is 2.56. The van der Waals surface area contributed by atoms with Crippen LogP contribution in [0.15, 0.2) is 65.6 Å². The smallest absolute Gasteiger partial charge is 0.203 e. The van der Waals surface area contributed by atoms with Gasteiger partial charge in [-0.15, -0.1) is 0 Å². The largest absolute Gasteiger partial charge is 0.289 e. The summed E-state index contributed by atoms with van der Waals surface area (Å²) in [5.74, 6) is -0.0375. The lowest BCUT2D eigenvalue weighted by molar-refractivity contribution is 0.105. The van der Waals surface area contributed by atoms with E-state index in [2.05, 4.69) is 0 Å². The van der Waals surface area contributed by atoms with E-state index < -0.39 is 9.84 Å². The predicted molar refractivity (Wildman–Crippen MR) is 113 cm³/mol. The van der Waals surface area contributed by atoms with Crippen molar-refractivity contribution in [1.82, 2.24) is 0 Å². The SMILES string of the molecule is Cc1ccc(S(=O)(=O)C2=c3ccc4c(c3CCC2)C(=O)C=c2ccccc2=4)cc1. The van der Waals surface area contributed by atoms with E-state index in [-0.39, 0.29) is 5.78 Å². The summed E-state index contributed by atoms with van der Waals surface area (Å²) in [6.07, 6.45) is 3.60. The molecule has 3 nitrogen and oxygen atoms in total. The van der Waals surface area contributed by atoms with Crippen molar-refractivity contribution in [1.29, 1.82) is 0 Å². The number of benzene rings is 3. The molecular weight excluding hydrogens is 380 g/mol. The Morgan fingerprint density at radius 3 is 2.31 bits per heavy atom. The summed E-state index contributed by atoms with van der Waals surface area (Å²) in [7, 11) is -3.60. The van der Waals surface area contributed by atoms with Crippen LogP contribution in [-0.2, 0) is 16.3 Å². The quantitative estimate of drug-likeness (QED) is 0.664. The lowest BCUT2D eigenvalue weighted by atomic mass is 9.88. The molecule has 144 valence electrons. The van der Waals surface area contributed by atoms with E-state index in [4.69, 9.17) is 0 Å². The second kappa shape index (κ2) is 6.53. The number of hydrogen-bond acceptors (Lipinski definition) is 3. The molecule has 0 saturated carbocycles. The number of carbonyl (C=O) groups excluding carboxylic acids is 1. The molecule has 0 aliphatic heterocycles. The molecule has 0 radical (unpaired) electrons. The van der Waals surface area contributed by atoms with Crippen molar-refractivity contribution >= 4 is 26.6 Å². The van der Waals surface area contributed by atoms with Crippen LogP contribution in [0.4, 0.5) is 0 Å². The number of fused-ring (bicyclic) bond motifs is 4. The highest BCUT2D eigenvalue weighted by atomic mass is 32.2. The van der Waals surface area contributed by atoms with Crippen LogP contribution in [0.1, 0.15) is 34.3 Å². The first-order chi connectivity index (χ1) is 14.0. The molecule has 5 rings (SSSR count). The van der Waals surface area contributed by atoms with Gasteiger partial charge in [-0.3, -0.25) is 4.79 Å². The van der Waals surface area contributed by atoms with Gasteiger partial charge in [-0.1, -0.05) is 54.1 Å². The van der Waals surface area contributed by atoms with Gasteiger partial charge in [0.2, 0.25) is 9.84 Å². The molecule has 2 aliphatic carbocycles. The molecule has 0 bridgehead atoms. The van der Waals surface area contributed by atoms with Gasteiger partial charge in [-0.05, 0) is 70.8 Å². The number of ketones is 1. The number of aryl methyl sites for hydroxylation is 1. The van der Waals surface area contributed by atoms with Crippen molar-refractivity contribution in [3.8, 4) is 0 Å². The average Bonchev–Trinajstić information content (AvgIpc) is 2.73. The molecule has 29 heavy (non-hydrogen) atoms. The monoisotopic (exact) mass is 400 g/mol. The molecule has 2 aliphatic rings. The predicted octanol–water partition coefficient (Wildman–Crippen LogP) is 3.18. The maximum atomic E-state index is 13.4. The molecule has 0 spiro atoms. The molecule has 0 N–H and O–H groups in total. The normalized spacial score (nSPS) is 15.2. The van der Waals surface area contributed by atoms with E-state index in [0.717, 1.165) is 33.2 Å². The van der Waals surface area contributed by atoms with E-state index in [0.29, 0.717) is 33.4 Å². The topological polar surface area (TPSA) is 51.2 Å². The Kier molecular flexibility index (Phi) is 4.07. The molecule has 0 heterocycles. The zero-order valence-electron chi connectivity index (χ0n) is 16.1. The van der Waals surface area contributed by atoms with Crippen molar-refractivity contribution in [2.45, 2.75) is 31.1 Å². The fourth-order valence-electron chi connectivity index (χ4n) is 4.46. The lowest BCUT2D eigenvalue weighted by Gasteiger charge is -2.20. The highest BCUT2D eigenvalue weighted by Crippen LogP contribution is 2.28. The third kappa shape index (κ3) is 2.78. The van der Waals surface area contributed by atoms with Gasteiger partial charge < -0.3 is 0 Å². The van der Waals surface area contributed by atoms with Gasteiger partial charge in [0.15, 0.2) is 5.78 Å². The van der Waals surface area contributed by atoms with Gasteiger partial charge in [0.1, 0.15) is 0 Å². The molecule has 3 aromatic carbocycles. The highest BCUT2D eigenvalue weighted by molar-refractivity contribution is 8.00. The maximum Gasteiger partial charge on any atom is 0.203 e. The Morgan fingerprint density at radius 2 is 1.52 bits per heavy atom. The van der Waals surface area contributed by atoms with Crippen LogP contribution < -0.4 is 10.4 Å². The second-order valence-electron chi connectivity index (χ2n) is 7.70. The third-order valence-electron chi connectivity index (χ3n) is 5.88. The Morgan fingerprint density at radius 1 is 0.793 bits per heavy atom. The molecule has 0 aromatic heterocycles. The molecule has 0 saturated heterocycles. The van der Waals surface area contributed by atoms with Crippen molar-refractivity contribution in [3.05, 3.63) is 98.2 Å². The van der Waals surface area contributed by atoms with E-state index in [9.17, 15) is 13.2 Å². The number of Topliss-reactive ketones (excluding diaryl/α,β-unsaturated/α-hetero) is 1. The van der Waals surface area contributed by atoms with Crippen LogP contribution in [0, 0.1) is 17.4 Å². The Balaban J connectivity index is 1.87. The Labute approximate surface area is 169 Å². The van der Waals surface area contributed by atoms with Crippen LogP contribution in [-0.4, -0.2) is 14.2 Å². The second-order valence-corrected chi connectivity index (χ2v) is 9.67. The van der Waals surface area contributed by atoms with Crippen molar-refractivity contribution in [2.24, 2.45) is 0 Å². The first-order valence-electron chi connectivity index (χ1n) is 9.79. The Hall–Kier alpha value is -2.98. The summed E-state index contributed by atoms with van der Waals surface area (Å²) in [4.78, 5) is 13.7. The fraction of sp³-hybridized carbons (Fsp3) is 0.160. The molecule has 0 amide bonds. The first kappa shape index (κ1) is 18.1. The zero-order chi connectivity index (χ0) is 20.2.